The van der Waals surface area contributed by atoms with E-state index in [0.717, 1.165) is 31.6 Å². The second-order valence-electron chi connectivity index (χ2n) is 4.83. The van der Waals surface area contributed by atoms with Crippen LogP contribution >= 0.6 is 0 Å². The van der Waals surface area contributed by atoms with Gasteiger partial charge in [-0.1, -0.05) is 5.16 Å². The standard InChI is InChI=1S/C12H21N3O2/c1-10(16)15(9-11-5-8-17-13-11)12-3-6-14(2)7-4-12/h5,8,10,12,16H,3-4,6-7,9H2,1-2H3. The van der Waals surface area contributed by atoms with Crippen molar-refractivity contribution in [3.05, 3.63) is 18.0 Å². The summed E-state index contributed by atoms with van der Waals surface area (Å²) >= 11 is 0. The highest BCUT2D eigenvalue weighted by atomic mass is 16.5. The third kappa shape index (κ3) is 3.28. The molecule has 2 heterocycles. The van der Waals surface area contributed by atoms with Gasteiger partial charge in [0, 0.05) is 18.7 Å². The zero-order chi connectivity index (χ0) is 12.3. The Hall–Kier alpha value is -0.910. The molecular weight excluding hydrogens is 218 g/mol. The topological polar surface area (TPSA) is 52.7 Å². The normalized spacial score (nSPS) is 20.9. The lowest BCUT2D eigenvalue weighted by molar-refractivity contribution is -0.0350. The molecule has 1 saturated heterocycles. The van der Waals surface area contributed by atoms with Gasteiger partial charge in [0.05, 0.1) is 5.69 Å². The molecule has 0 amide bonds. The molecule has 17 heavy (non-hydrogen) atoms. The number of hydrogen-bond donors (Lipinski definition) is 1. The van der Waals surface area contributed by atoms with Crippen LogP contribution in [0.4, 0.5) is 0 Å². The lowest BCUT2D eigenvalue weighted by Crippen LogP contribution is -2.47. The molecule has 1 aliphatic rings. The molecular formula is C12H21N3O2. The minimum absolute atomic E-state index is 0.433. The first kappa shape index (κ1) is 12.5. The van der Waals surface area contributed by atoms with Crippen molar-refractivity contribution < 1.29 is 9.63 Å². The van der Waals surface area contributed by atoms with E-state index in [1.807, 2.05) is 13.0 Å². The summed E-state index contributed by atoms with van der Waals surface area (Å²) in [5, 5.41) is 13.8. The summed E-state index contributed by atoms with van der Waals surface area (Å²) in [6, 6.07) is 2.28. The van der Waals surface area contributed by atoms with E-state index in [4.69, 9.17) is 4.52 Å². The summed E-state index contributed by atoms with van der Waals surface area (Å²) < 4.78 is 4.83. The Kier molecular flexibility index (Phi) is 4.15. The number of nitrogens with zero attached hydrogens (tertiary/aromatic N) is 3. The molecule has 0 aliphatic carbocycles. The number of hydrogen-bond acceptors (Lipinski definition) is 5. The maximum absolute atomic E-state index is 9.88. The highest BCUT2D eigenvalue weighted by Crippen LogP contribution is 2.19. The Morgan fingerprint density at radius 1 is 1.59 bits per heavy atom. The summed E-state index contributed by atoms with van der Waals surface area (Å²) in [6.45, 7) is 4.65. The molecule has 0 saturated carbocycles. The smallest absolute Gasteiger partial charge is 0.124 e. The van der Waals surface area contributed by atoms with Crippen molar-refractivity contribution >= 4 is 0 Å². The molecule has 1 aromatic rings. The zero-order valence-corrected chi connectivity index (χ0v) is 10.5. The van der Waals surface area contributed by atoms with E-state index in [2.05, 4.69) is 22.0 Å². The average molecular weight is 239 g/mol. The monoisotopic (exact) mass is 239 g/mol. The van der Waals surface area contributed by atoms with Crippen LogP contribution in [0.1, 0.15) is 25.5 Å². The Morgan fingerprint density at radius 2 is 2.29 bits per heavy atom. The van der Waals surface area contributed by atoms with Crippen LogP contribution in [0.5, 0.6) is 0 Å². The fourth-order valence-electron chi connectivity index (χ4n) is 2.40. The van der Waals surface area contributed by atoms with E-state index in [0.29, 0.717) is 12.6 Å². The van der Waals surface area contributed by atoms with E-state index in [1.54, 1.807) is 6.26 Å². The van der Waals surface area contributed by atoms with Gasteiger partial charge in [-0.05, 0) is 39.9 Å². The number of aromatic nitrogens is 1. The molecule has 1 fully saturated rings. The second kappa shape index (κ2) is 5.62. The molecule has 1 N–H and O–H groups in total. The summed E-state index contributed by atoms with van der Waals surface area (Å²) in [5.74, 6) is 0. The van der Waals surface area contributed by atoms with Crippen LogP contribution in [0.25, 0.3) is 0 Å². The fraction of sp³-hybridized carbons (Fsp3) is 0.750. The quantitative estimate of drug-likeness (QED) is 0.791. The molecule has 2 rings (SSSR count). The van der Waals surface area contributed by atoms with Crippen LogP contribution < -0.4 is 0 Å². The lowest BCUT2D eigenvalue weighted by Gasteiger charge is -2.38. The highest BCUT2D eigenvalue weighted by molar-refractivity contribution is 4.96. The minimum atomic E-state index is -0.444. The molecule has 5 nitrogen and oxygen atoms in total. The largest absolute Gasteiger partial charge is 0.379 e. The first-order valence-electron chi connectivity index (χ1n) is 6.18. The first-order chi connectivity index (χ1) is 8.16. The number of aliphatic hydroxyl groups is 1. The molecule has 1 aromatic heterocycles. The van der Waals surface area contributed by atoms with E-state index in [-0.39, 0.29) is 0 Å². The molecule has 96 valence electrons. The van der Waals surface area contributed by atoms with E-state index in [9.17, 15) is 5.11 Å². The van der Waals surface area contributed by atoms with Gasteiger partial charge in [0.25, 0.3) is 0 Å². The van der Waals surface area contributed by atoms with Crippen molar-refractivity contribution in [1.82, 2.24) is 15.0 Å². The summed E-state index contributed by atoms with van der Waals surface area (Å²) in [4.78, 5) is 4.43. The van der Waals surface area contributed by atoms with Crippen LogP contribution in [-0.4, -0.2) is 52.5 Å². The van der Waals surface area contributed by atoms with Crippen molar-refractivity contribution in [2.75, 3.05) is 20.1 Å². The van der Waals surface area contributed by atoms with Gasteiger partial charge >= 0.3 is 0 Å². The van der Waals surface area contributed by atoms with Crippen LogP contribution in [0.2, 0.25) is 0 Å². The Morgan fingerprint density at radius 3 is 2.82 bits per heavy atom. The second-order valence-corrected chi connectivity index (χ2v) is 4.83. The van der Waals surface area contributed by atoms with E-state index in [1.165, 1.54) is 0 Å². The predicted octanol–water partition coefficient (Wildman–Crippen LogP) is 0.909. The molecule has 1 atom stereocenters. The van der Waals surface area contributed by atoms with Gasteiger partial charge in [-0.25, -0.2) is 0 Å². The van der Waals surface area contributed by atoms with Crippen molar-refractivity contribution in [3.63, 3.8) is 0 Å². The SMILES string of the molecule is CC(O)N(Cc1ccon1)C1CCN(C)CC1. The van der Waals surface area contributed by atoms with Crippen molar-refractivity contribution in [2.24, 2.45) is 0 Å². The Balaban J connectivity index is 1.97. The average Bonchev–Trinajstić information content (AvgIpc) is 2.80. The van der Waals surface area contributed by atoms with Crippen LogP contribution in [0.15, 0.2) is 16.9 Å². The van der Waals surface area contributed by atoms with E-state index < -0.39 is 6.23 Å². The molecule has 5 heteroatoms. The molecule has 0 bridgehead atoms. The third-order valence-corrected chi connectivity index (χ3v) is 3.47. The Labute approximate surface area is 102 Å². The van der Waals surface area contributed by atoms with Crippen molar-refractivity contribution in [1.29, 1.82) is 0 Å². The van der Waals surface area contributed by atoms with Gasteiger partial charge in [-0.2, -0.15) is 0 Å². The van der Waals surface area contributed by atoms with Crippen LogP contribution in [0, 0.1) is 0 Å². The van der Waals surface area contributed by atoms with Gasteiger partial charge in [-0.15, -0.1) is 0 Å². The number of rotatable bonds is 4. The molecule has 0 spiro atoms. The third-order valence-electron chi connectivity index (χ3n) is 3.47. The molecule has 1 aliphatic heterocycles. The van der Waals surface area contributed by atoms with Crippen molar-refractivity contribution in [3.8, 4) is 0 Å². The van der Waals surface area contributed by atoms with Gasteiger partial charge in [0.15, 0.2) is 0 Å². The molecule has 1 unspecified atom stereocenters. The van der Waals surface area contributed by atoms with Crippen molar-refractivity contribution in [2.45, 2.75) is 38.6 Å². The first-order valence-corrected chi connectivity index (χ1v) is 6.18. The highest BCUT2D eigenvalue weighted by Gasteiger charge is 2.26. The maximum Gasteiger partial charge on any atom is 0.124 e. The molecule has 0 aromatic carbocycles. The van der Waals surface area contributed by atoms with Crippen LogP contribution in [0.3, 0.4) is 0 Å². The number of aliphatic hydroxyl groups excluding tert-OH is 1. The zero-order valence-electron chi connectivity index (χ0n) is 10.5. The summed E-state index contributed by atoms with van der Waals surface area (Å²) in [5.41, 5.74) is 0.879. The van der Waals surface area contributed by atoms with Gasteiger partial charge in [0.1, 0.15) is 12.5 Å². The predicted molar refractivity (Wildman–Crippen MR) is 64.2 cm³/mol. The fourth-order valence-corrected chi connectivity index (χ4v) is 2.40. The number of piperidine rings is 1. The van der Waals surface area contributed by atoms with Crippen LogP contribution in [-0.2, 0) is 6.54 Å². The molecule has 0 radical (unpaired) electrons. The maximum atomic E-state index is 9.88. The summed E-state index contributed by atoms with van der Waals surface area (Å²) in [6.07, 6.45) is 3.32. The van der Waals surface area contributed by atoms with E-state index >= 15 is 0 Å². The lowest BCUT2D eigenvalue weighted by atomic mass is 10.0. The minimum Gasteiger partial charge on any atom is -0.379 e. The summed E-state index contributed by atoms with van der Waals surface area (Å²) in [7, 11) is 2.14. The van der Waals surface area contributed by atoms with Gasteiger partial charge in [-0.3, -0.25) is 4.90 Å². The van der Waals surface area contributed by atoms with Gasteiger partial charge < -0.3 is 14.5 Å². The number of likely N-dealkylation sites (tertiary alicyclic amines) is 1. The Bertz CT molecular complexity index is 319. The van der Waals surface area contributed by atoms with Gasteiger partial charge in [0.2, 0.25) is 0 Å².